The van der Waals surface area contributed by atoms with Gasteiger partial charge in [-0.15, -0.1) is 0 Å². The first-order valence-electron chi connectivity index (χ1n) is 13.5. The van der Waals surface area contributed by atoms with E-state index in [4.69, 9.17) is 14.2 Å². The third-order valence-corrected chi connectivity index (χ3v) is 7.29. The van der Waals surface area contributed by atoms with Crippen LogP contribution < -0.4 is 0 Å². The lowest BCUT2D eigenvalue weighted by atomic mass is 10.1. The maximum atomic E-state index is 12.4. The van der Waals surface area contributed by atoms with Crippen molar-refractivity contribution >= 4 is 23.0 Å². The first-order valence-corrected chi connectivity index (χ1v) is 14.4. The van der Waals surface area contributed by atoms with Crippen LogP contribution in [-0.2, 0) is 38.8 Å². The Bertz CT molecular complexity index is 1280. The second kappa shape index (κ2) is 16.6. The van der Waals surface area contributed by atoms with E-state index in [1.54, 1.807) is 6.92 Å². The Morgan fingerprint density at radius 3 is 1.68 bits per heavy atom. The Balaban J connectivity index is 1.60. The van der Waals surface area contributed by atoms with Crippen LogP contribution in [0.3, 0.4) is 0 Å². The van der Waals surface area contributed by atoms with Gasteiger partial charge in [-0.3, -0.25) is 4.79 Å². The van der Waals surface area contributed by atoms with E-state index < -0.39 is 12.2 Å². The molecule has 4 aromatic carbocycles. The van der Waals surface area contributed by atoms with Crippen molar-refractivity contribution < 1.29 is 19.0 Å². The quantitative estimate of drug-likeness (QED) is 0.151. The molecule has 0 N–H and O–H groups in total. The van der Waals surface area contributed by atoms with Gasteiger partial charge in [0.2, 0.25) is 0 Å². The molecule has 4 nitrogen and oxygen atoms in total. The number of hydrogen-bond donors (Lipinski definition) is 0. The van der Waals surface area contributed by atoms with Gasteiger partial charge in [-0.05, 0) is 22.3 Å². The Hall–Kier alpha value is -3.48. The molecule has 40 heavy (non-hydrogen) atoms. The Morgan fingerprint density at radius 1 is 0.675 bits per heavy atom. The van der Waals surface area contributed by atoms with Gasteiger partial charge in [0.15, 0.2) is 5.12 Å². The van der Waals surface area contributed by atoms with Gasteiger partial charge in [-0.1, -0.05) is 145 Å². The molecule has 4 rings (SSSR count). The van der Waals surface area contributed by atoms with Crippen LogP contribution in [0.4, 0.5) is 0 Å². The fraction of sp³-hybridized carbons (Fsp3) is 0.229. The smallest absolute Gasteiger partial charge is 0.186 e. The molecule has 0 saturated carbocycles. The summed E-state index contributed by atoms with van der Waals surface area (Å²) in [7, 11) is 0. The maximum Gasteiger partial charge on any atom is 0.186 e. The molecule has 0 heterocycles. The molecule has 0 radical (unpaired) electrons. The number of benzene rings is 4. The largest absolute Gasteiger partial charge is 0.376 e. The molecule has 0 aliphatic heterocycles. The van der Waals surface area contributed by atoms with E-state index in [-0.39, 0.29) is 10.4 Å². The van der Waals surface area contributed by atoms with Crippen molar-refractivity contribution in [3.8, 4) is 0 Å². The van der Waals surface area contributed by atoms with Crippen LogP contribution in [0.25, 0.3) is 6.08 Å². The molecule has 0 aliphatic rings. The van der Waals surface area contributed by atoms with Crippen molar-refractivity contribution in [2.24, 2.45) is 0 Å². The number of thioether (sulfide) groups is 1. The minimum absolute atomic E-state index is 0.00969. The normalized spacial score (nSPS) is 13.6. The maximum absolute atomic E-state index is 12.4. The zero-order valence-electron chi connectivity index (χ0n) is 22.8. The van der Waals surface area contributed by atoms with Gasteiger partial charge in [0, 0.05) is 6.92 Å². The molecular weight excluding hydrogens is 516 g/mol. The average molecular weight is 553 g/mol. The zero-order chi connectivity index (χ0) is 27.8. The number of rotatable bonds is 15. The molecule has 0 unspecified atom stereocenters. The van der Waals surface area contributed by atoms with Gasteiger partial charge in [0.25, 0.3) is 0 Å². The van der Waals surface area contributed by atoms with Crippen molar-refractivity contribution in [2.75, 3.05) is 6.61 Å². The topological polar surface area (TPSA) is 44.8 Å². The van der Waals surface area contributed by atoms with E-state index in [1.165, 1.54) is 11.8 Å². The summed E-state index contributed by atoms with van der Waals surface area (Å²) in [5.41, 5.74) is 4.27. The highest BCUT2D eigenvalue weighted by molar-refractivity contribution is 8.14. The lowest BCUT2D eigenvalue weighted by Gasteiger charge is -2.31. The summed E-state index contributed by atoms with van der Waals surface area (Å²) < 4.78 is 19.3. The SMILES string of the molecule is CC(=O)S[C@H](COCc1ccccc1)[C@@H](OCc1ccccc1)[C@@H](/C=C/c1ccccc1)OCc1ccccc1. The fourth-order valence-corrected chi connectivity index (χ4v) is 5.21. The molecule has 0 fully saturated rings. The fourth-order valence-electron chi connectivity index (χ4n) is 4.25. The number of carbonyl (C=O) groups excluding carboxylic acids is 1. The van der Waals surface area contributed by atoms with Crippen LogP contribution in [0, 0.1) is 0 Å². The molecule has 0 aromatic heterocycles. The van der Waals surface area contributed by atoms with Gasteiger partial charge in [-0.2, -0.15) is 0 Å². The third kappa shape index (κ3) is 10.2. The standard InChI is InChI=1S/C35H36O4S/c1-28(36)40-34(27-37-24-30-16-8-3-9-17-30)35(39-26-32-20-12-5-13-21-32)33(23-22-29-14-6-2-7-15-29)38-25-31-18-10-4-11-19-31/h2-23,33-35H,24-27H2,1H3/b23-22+/t33-,34-,35+/m1/s1. The Morgan fingerprint density at radius 2 is 1.15 bits per heavy atom. The molecule has 0 aliphatic carbocycles. The van der Waals surface area contributed by atoms with Crippen molar-refractivity contribution in [3.63, 3.8) is 0 Å². The molecule has 4 aromatic rings. The summed E-state index contributed by atoms with van der Waals surface area (Å²) in [6, 6.07) is 40.3. The van der Waals surface area contributed by atoms with Crippen LogP contribution >= 0.6 is 11.8 Å². The van der Waals surface area contributed by atoms with Crippen molar-refractivity contribution in [3.05, 3.63) is 150 Å². The van der Waals surface area contributed by atoms with Crippen molar-refractivity contribution in [1.82, 2.24) is 0 Å². The third-order valence-electron chi connectivity index (χ3n) is 6.25. The predicted molar refractivity (Wildman–Crippen MR) is 164 cm³/mol. The van der Waals surface area contributed by atoms with Crippen LogP contribution in [-0.4, -0.2) is 29.2 Å². The highest BCUT2D eigenvalue weighted by Crippen LogP contribution is 2.26. The second-order valence-electron chi connectivity index (χ2n) is 9.44. The molecule has 0 spiro atoms. The zero-order valence-corrected chi connectivity index (χ0v) is 23.6. The minimum atomic E-state index is -0.450. The van der Waals surface area contributed by atoms with E-state index in [0.29, 0.717) is 26.4 Å². The molecule has 206 valence electrons. The lowest BCUT2D eigenvalue weighted by molar-refractivity contribution is -0.109. The molecule has 0 amide bonds. The van der Waals surface area contributed by atoms with Gasteiger partial charge in [0.05, 0.1) is 31.7 Å². The second-order valence-corrected chi connectivity index (χ2v) is 10.9. The molecule has 5 heteroatoms. The first kappa shape index (κ1) is 29.5. The van der Waals surface area contributed by atoms with Gasteiger partial charge in [-0.25, -0.2) is 0 Å². The Kier molecular flexibility index (Phi) is 12.2. The number of hydrogen-bond acceptors (Lipinski definition) is 5. The van der Waals surface area contributed by atoms with Crippen LogP contribution in [0.1, 0.15) is 29.2 Å². The van der Waals surface area contributed by atoms with Crippen LogP contribution in [0.15, 0.2) is 127 Å². The number of ether oxygens (including phenoxy) is 3. The highest BCUT2D eigenvalue weighted by atomic mass is 32.2. The summed E-state index contributed by atoms with van der Waals surface area (Å²) in [5.74, 6) is 0. The first-order chi connectivity index (χ1) is 19.7. The highest BCUT2D eigenvalue weighted by Gasteiger charge is 2.32. The van der Waals surface area contributed by atoms with E-state index in [0.717, 1.165) is 22.3 Å². The number of carbonyl (C=O) groups is 1. The predicted octanol–water partition coefficient (Wildman–Crippen LogP) is 7.74. The summed E-state index contributed by atoms with van der Waals surface area (Å²) >= 11 is 1.25. The van der Waals surface area contributed by atoms with E-state index in [9.17, 15) is 4.79 Å². The molecule has 0 saturated heterocycles. The summed E-state index contributed by atoms with van der Waals surface area (Å²) in [5, 5.41) is -0.276. The molecule has 3 atom stereocenters. The minimum Gasteiger partial charge on any atom is -0.376 e. The Labute approximate surface area is 242 Å². The van der Waals surface area contributed by atoms with Crippen molar-refractivity contribution in [1.29, 1.82) is 0 Å². The monoisotopic (exact) mass is 552 g/mol. The summed E-state index contributed by atoms with van der Waals surface area (Å²) in [6.45, 7) is 3.18. The molecular formula is C35H36O4S. The summed E-state index contributed by atoms with van der Waals surface area (Å²) in [4.78, 5) is 12.4. The lowest BCUT2D eigenvalue weighted by Crippen LogP contribution is -2.41. The van der Waals surface area contributed by atoms with Gasteiger partial charge >= 0.3 is 0 Å². The van der Waals surface area contributed by atoms with E-state index >= 15 is 0 Å². The van der Waals surface area contributed by atoms with Gasteiger partial charge < -0.3 is 14.2 Å². The van der Waals surface area contributed by atoms with E-state index in [1.807, 2.05) is 115 Å². The van der Waals surface area contributed by atoms with Gasteiger partial charge in [0.1, 0.15) is 12.2 Å². The van der Waals surface area contributed by atoms with E-state index in [2.05, 4.69) is 18.2 Å². The summed E-state index contributed by atoms with van der Waals surface area (Å²) in [6.07, 6.45) is 3.21. The molecule has 0 bridgehead atoms. The average Bonchev–Trinajstić information content (AvgIpc) is 3.00. The van der Waals surface area contributed by atoms with Crippen LogP contribution in [0.2, 0.25) is 0 Å². The van der Waals surface area contributed by atoms with Crippen molar-refractivity contribution in [2.45, 2.75) is 44.2 Å². The van der Waals surface area contributed by atoms with Crippen LogP contribution in [0.5, 0.6) is 0 Å².